The minimum Gasteiger partial charge on any atom is -0.326 e. The minimum absolute atomic E-state index is 0.0199. The summed E-state index contributed by atoms with van der Waals surface area (Å²) in [5.74, 6) is 0.588. The van der Waals surface area contributed by atoms with Crippen LogP contribution in [0.25, 0.3) is 0 Å². The molecule has 1 N–H and O–H groups in total. The number of pyridine rings is 1. The van der Waals surface area contributed by atoms with Gasteiger partial charge in [0.1, 0.15) is 11.1 Å². The molecule has 140 valence electrons. The first-order valence-corrected chi connectivity index (χ1v) is 11.3. The van der Waals surface area contributed by atoms with Crippen LogP contribution in [0.2, 0.25) is 0 Å². The van der Waals surface area contributed by atoms with Gasteiger partial charge in [-0.2, -0.15) is 5.26 Å². The number of nitriles is 1. The Morgan fingerprint density at radius 2 is 1.93 bits per heavy atom. The lowest BCUT2D eigenvalue weighted by Crippen LogP contribution is -2.12. The van der Waals surface area contributed by atoms with Crippen LogP contribution < -0.4 is 5.32 Å². The second kappa shape index (κ2) is 10.1. The highest BCUT2D eigenvalue weighted by Crippen LogP contribution is 2.27. The number of aryl methyl sites for hydroxylation is 2. The molecule has 1 aliphatic rings. The molecule has 3 rings (SSSR count). The average Bonchev–Trinajstić information content (AvgIpc) is 2.64. The van der Waals surface area contributed by atoms with Crippen molar-refractivity contribution in [2.75, 3.05) is 11.1 Å². The number of nitrogens with one attached hydrogen (secondary N) is 1. The van der Waals surface area contributed by atoms with Crippen molar-refractivity contribution in [2.24, 2.45) is 0 Å². The molecule has 0 radical (unpaired) electrons. The molecule has 0 saturated heterocycles. The van der Waals surface area contributed by atoms with Gasteiger partial charge >= 0.3 is 0 Å². The van der Waals surface area contributed by atoms with Gasteiger partial charge in [-0.05, 0) is 84.2 Å². The summed E-state index contributed by atoms with van der Waals surface area (Å²) >= 11 is 3.74. The lowest BCUT2D eigenvalue weighted by Gasteiger charge is -2.15. The molecule has 6 heteroatoms. The Hall–Kier alpha value is -1.59. The summed E-state index contributed by atoms with van der Waals surface area (Å²) in [4.78, 5) is 16.9. The summed E-state index contributed by atoms with van der Waals surface area (Å²) in [5.41, 5.74) is 3.81. The van der Waals surface area contributed by atoms with Crippen molar-refractivity contribution >= 4 is 45.9 Å². The Morgan fingerprint density at radius 1 is 1.19 bits per heavy atom. The van der Waals surface area contributed by atoms with Crippen LogP contribution >= 0.6 is 34.4 Å². The van der Waals surface area contributed by atoms with Crippen LogP contribution in [-0.4, -0.2) is 16.6 Å². The van der Waals surface area contributed by atoms with Crippen LogP contribution in [0.3, 0.4) is 0 Å². The topological polar surface area (TPSA) is 65.8 Å². The Balaban J connectivity index is 1.59. The van der Waals surface area contributed by atoms with Crippen LogP contribution in [0.4, 0.5) is 5.69 Å². The third kappa shape index (κ3) is 5.94. The van der Waals surface area contributed by atoms with Gasteiger partial charge in [0.25, 0.3) is 0 Å². The number of rotatable bonds is 5. The first kappa shape index (κ1) is 20.2. The van der Waals surface area contributed by atoms with Crippen LogP contribution in [0.15, 0.2) is 35.4 Å². The SMILES string of the molecule is N#Cc1cc2c(nc1SCCC(=O)Nc1ccc(I)cc1)CCCCCC2. The van der Waals surface area contributed by atoms with E-state index >= 15 is 0 Å². The van der Waals surface area contributed by atoms with Gasteiger partial charge in [0.2, 0.25) is 5.91 Å². The maximum atomic E-state index is 12.1. The van der Waals surface area contributed by atoms with E-state index in [4.69, 9.17) is 4.98 Å². The first-order valence-electron chi connectivity index (χ1n) is 9.27. The molecule has 0 unspecified atom stereocenters. The van der Waals surface area contributed by atoms with Crippen LogP contribution in [0, 0.1) is 14.9 Å². The number of thioether (sulfide) groups is 1. The fraction of sp³-hybridized carbons (Fsp3) is 0.381. The Morgan fingerprint density at radius 3 is 2.67 bits per heavy atom. The molecular formula is C21H22IN3OS. The van der Waals surface area contributed by atoms with E-state index in [1.54, 1.807) is 0 Å². The van der Waals surface area contributed by atoms with Gasteiger partial charge in [0.05, 0.1) is 5.56 Å². The number of anilines is 1. The molecule has 27 heavy (non-hydrogen) atoms. The standard InChI is InChI=1S/C21H22IN3OS/c22-17-7-9-18(10-8-17)24-20(26)11-12-27-21-16(14-23)13-15-5-3-1-2-4-6-19(15)25-21/h7-10,13H,1-6,11-12H2,(H,24,26). The van der Waals surface area contributed by atoms with Gasteiger partial charge < -0.3 is 5.32 Å². The van der Waals surface area contributed by atoms with E-state index in [-0.39, 0.29) is 5.91 Å². The highest BCUT2D eigenvalue weighted by molar-refractivity contribution is 14.1. The zero-order valence-electron chi connectivity index (χ0n) is 15.1. The zero-order valence-corrected chi connectivity index (χ0v) is 18.1. The summed E-state index contributed by atoms with van der Waals surface area (Å²) in [7, 11) is 0. The molecule has 0 spiro atoms. The van der Waals surface area contributed by atoms with Crippen LogP contribution in [0.1, 0.15) is 48.9 Å². The maximum Gasteiger partial charge on any atom is 0.225 e. The van der Waals surface area contributed by atoms with E-state index in [2.05, 4.69) is 34.0 Å². The first-order chi connectivity index (χ1) is 13.2. The van der Waals surface area contributed by atoms with E-state index < -0.39 is 0 Å². The number of nitrogens with zero attached hydrogens (tertiary/aromatic N) is 2. The Labute approximate surface area is 178 Å². The van der Waals surface area contributed by atoms with Crippen molar-refractivity contribution in [3.63, 3.8) is 0 Å². The highest BCUT2D eigenvalue weighted by atomic mass is 127. The third-order valence-electron chi connectivity index (χ3n) is 4.58. The Kier molecular flexibility index (Phi) is 7.53. The number of carbonyl (C=O) groups is 1. The summed E-state index contributed by atoms with van der Waals surface area (Å²) in [6, 6.07) is 12.0. The molecule has 4 nitrogen and oxygen atoms in total. The van der Waals surface area contributed by atoms with Gasteiger partial charge in [-0.15, -0.1) is 11.8 Å². The normalized spacial score (nSPS) is 13.8. The molecule has 1 heterocycles. The Bertz CT molecular complexity index is 846. The monoisotopic (exact) mass is 491 g/mol. The minimum atomic E-state index is -0.0199. The number of amides is 1. The number of hydrogen-bond acceptors (Lipinski definition) is 4. The van der Waals surface area contributed by atoms with E-state index in [9.17, 15) is 10.1 Å². The highest BCUT2D eigenvalue weighted by Gasteiger charge is 2.14. The molecule has 0 atom stereocenters. The number of halogens is 1. The summed E-state index contributed by atoms with van der Waals surface area (Å²) in [6.07, 6.45) is 7.23. The van der Waals surface area contributed by atoms with Crippen molar-refractivity contribution in [1.29, 1.82) is 5.26 Å². The molecule has 1 aromatic heterocycles. The molecule has 0 fully saturated rings. The smallest absolute Gasteiger partial charge is 0.225 e. The van der Waals surface area contributed by atoms with E-state index in [1.165, 1.54) is 36.6 Å². The molecule has 1 amide bonds. The summed E-state index contributed by atoms with van der Waals surface area (Å²) < 4.78 is 1.13. The van der Waals surface area contributed by atoms with Gasteiger partial charge in [-0.3, -0.25) is 4.79 Å². The fourth-order valence-corrected chi connectivity index (χ4v) is 4.43. The van der Waals surface area contributed by atoms with Crippen molar-refractivity contribution in [3.05, 3.63) is 50.7 Å². The van der Waals surface area contributed by atoms with Gasteiger partial charge in [-0.1, -0.05) is 12.8 Å². The third-order valence-corrected chi connectivity index (χ3v) is 6.29. The molecule has 0 saturated carbocycles. The predicted molar refractivity (Wildman–Crippen MR) is 118 cm³/mol. The maximum absolute atomic E-state index is 12.1. The number of carbonyl (C=O) groups excluding carboxylic acids is 1. The van der Waals surface area contributed by atoms with Gasteiger partial charge in [0, 0.05) is 27.1 Å². The van der Waals surface area contributed by atoms with Crippen LogP contribution in [-0.2, 0) is 17.6 Å². The largest absolute Gasteiger partial charge is 0.326 e. The lowest BCUT2D eigenvalue weighted by molar-refractivity contribution is -0.115. The quantitative estimate of drug-likeness (QED) is 0.453. The second-order valence-corrected chi connectivity index (χ2v) is 8.96. The van der Waals surface area contributed by atoms with E-state index in [1.807, 2.05) is 30.3 Å². The molecule has 1 aliphatic carbocycles. The molecule has 0 aliphatic heterocycles. The van der Waals surface area contributed by atoms with Gasteiger partial charge in [-0.25, -0.2) is 4.98 Å². The number of fused-ring (bicyclic) bond motifs is 1. The summed E-state index contributed by atoms with van der Waals surface area (Å²) in [5, 5.41) is 13.2. The van der Waals surface area contributed by atoms with Crippen molar-refractivity contribution < 1.29 is 4.79 Å². The average molecular weight is 491 g/mol. The second-order valence-electron chi connectivity index (χ2n) is 6.63. The van der Waals surface area contributed by atoms with Crippen molar-refractivity contribution in [1.82, 2.24) is 4.98 Å². The number of aromatic nitrogens is 1. The van der Waals surface area contributed by atoms with Gasteiger partial charge in [0.15, 0.2) is 0 Å². The molecule has 2 aromatic rings. The molecule has 0 bridgehead atoms. The molecular weight excluding hydrogens is 469 g/mol. The van der Waals surface area contributed by atoms with Crippen LogP contribution in [0.5, 0.6) is 0 Å². The summed E-state index contributed by atoms with van der Waals surface area (Å²) in [6.45, 7) is 0. The fourth-order valence-electron chi connectivity index (χ4n) is 3.16. The number of benzene rings is 1. The van der Waals surface area contributed by atoms with E-state index in [0.717, 1.165) is 39.2 Å². The molecule has 1 aromatic carbocycles. The van der Waals surface area contributed by atoms with Crippen molar-refractivity contribution in [3.8, 4) is 6.07 Å². The predicted octanol–water partition coefficient (Wildman–Crippen LogP) is 5.34. The van der Waals surface area contributed by atoms with Crippen molar-refractivity contribution in [2.45, 2.75) is 50.0 Å². The van der Waals surface area contributed by atoms with E-state index in [0.29, 0.717) is 17.7 Å². The zero-order chi connectivity index (χ0) is 19.1. The number of hydrogen-bond donors (Lipinski definition) is 1. The lowest BCUT2D eigenvalue weighted by atomic mass is 9.96.